The predicted molar refractivity (Wildman–Crippen MR) is 75.7 cm³/mol. The minimum Gasteiger partial charge on any atom is -0.459 e. The zero-order valence-corrected chi connectivity index (χ0v) is 12.7. The summed E-state index contributed by atoms with van der Waals surface area (Å²) in [6.45, 7) is 1.97. The van der Waals surface area contributed by atoms with Crippen LogP contribution < -0.4 is 5.32 Å². The topological polar surface area (TPSA) is 55.4 Å². The van der Waals surface area contributed by atoms with Gasteiger partial charge in [0.1, 0.15) is 0 Å². The lowest BCUT2D eigenvalue weighted by Gasteiger charge is -2.15. The molecule has 0 bridgehead atoms. The number of hydrogen-bond donors (Lipinski definition) is 1. The van der Waals surface area contributed by atoms with Crippen molar-refractivity contribution in [3.63, 3.8) is 0 Å². The van der Waals surface area contributed by atoms with Gasteiger partial charge >= 0.3 is 18.3 Å². The second kappa shape index (κ2) is 7.94. The van der Waals surface area contributed by atoms with Crippen molar-refractivity contribution in [3.8, 4) is 0 Å². The maximum Gasteiger partial charge on any atom is 0.340 e. The highest BCUT2D eigenvalue weighted by molar-refractivity contribution is 5.93. The van der Waals surface area contributed by atoms with Crippen LogP contribution in [0.3, 0.4) is 0 Å². The van der Waals surface area contributed by atoms with Crippen molar-refractivity contribution < 1.29 is 31.9 Å². The van der Waals surface area contributed by atoms with E-state index in [-0.39, 0.29) is 6.42 Å². The molecule has 0 unspecified atom stereocenters. The summed E-state index contributed by atoms with van der Waals surface area (Å²) in [5, 5.41) is 2.58. The van der Waals surface area contributed by atoms with Crippen LogP contribution in [0.15, 0.2) is 18.2 Å². The highest BCUT2D eigenvalue weighted by atomic mass is 19.3. The van der Waals surface area contributed by atoms with Gasteiger partial charge in [0.25, 0.3) is 0 Å². The number of ether oxygens (including phenoxy) is 1. The van der Waals surface area contributed by atoms with Crippen molar-refractivity contribution in [1.29, 1.82) is 0 Å². The summed E-state index contributed by atoms with van der Waals surface area (Å²) in [6, 6.07) is 5.30. The van der Waals surface area contributed by atoms with Crippen molar-refractivity contribution >= 4 is 17.6 Å². The van der Waals surface area contributed by atoms with E-state index in [0.29, 0.717) is 5.69 Å². The Labute approximate surface area is 130 Å². The number of halogens is 4. The van der Waals surface area contributed by atoms with Gasteiger partial charge < -0.3 is 10.1 Å². The van der Waals surface area contributed by atoms with Gasteiger partial charge in [-0.1, -0.05) is 12.1 Å². The van der Waals surface area contributed by atoms with E-state index in [4.69, 9.17) is 0 Å². The molecule has 0 aliphatic rings. The van der Waals surface area contributed by atoms with Crippen molar-refractivity contribution in [2.24, 2.45) is 0 Å². The van der Waals surface area contributed by atoms with E-state index < -0.39 is 37.3 Å². The molecule has 1 aromatic rings. The normalized spacial score (nSPS) is 11.4. The fourth-order valence-electron chi connectivity index (χ4n) is 1.63. The van der Waals surface area contributed by atoms with Crippen LogP contribution in [0.5, 0.6) is 0 Å². The summed E-state index contributed by atoms with van der Waals surface area (Å²) in [7, 11) is 0. The van der Waals surface area contributed by atoms with Gasteiger partial charge in [0.2, 0.25) is 5.91 Å². The smallest absolute Gasteiger partial charge is 0.340 e. The lowest BCUT2D eigenvalue weighted by atomic mass is 10.1. The Morgan fingerprint density at radius 3 is 2.48 bits per heavy atom. The molecular formula is C15H17F4NO3. The molecule has 1 rings (SSSR count). The number of amides is 1. The number of alkyl halides is 4. The lowest BCUT2D eigenvalue weighted by molar-refractivity contribution is -0.179. The monoisotopic (exact) mass is 335 g/mol. The number of aryl methyl sites for hydroxylation is 1. The predicted octanol–water partition coefficient (Wildman–Crippen LogP) is 3.47. The summed E-state index contributed by atoms with van der Waals surface area (Å²) >= 11 is 0. The molecule has 0 saturated heterocycles. The first-order valence-electron chi connectivity index (χ1n) is 6.81. The average Bonchev–Trinajstić information content (AvgIpc) is 2.47. The zero-order chi connectivity index (χ0) is 17.6. The number of hydrogen-bond acceptors (Lipinski definition) is 3. The van der Waals surface area contributed by atoms with Crippen molar-refractivity contribution in [2.75, 3.05) is 11.9 Å². The van der Waals surface area contributed by atoms with Gasteiger partial charge in [-0.15, -0.1) is 0 Å². The molecule has 1 N–H and O–H groups in total. The van der Waals surface area contributed by atoms with Crippen LogP contribution in [0, 0.1) is 13.8 Å². The van der Waals surface area contributed by atoms with Gasteiger partial charge in [-0.05, 0) is 31.0 Å². The fourth-order valence-corrected chi connectivity index (χ4v) is 1.63. The standard InChI is InChI=1S/C15H17F4NO3/c1-9-4-3-5-11(10(9)2)20-12(21)6-7-13(22)23-8-15(18,19)14(16)17/h3-5,14H,6-8H2,1-2H3,(H,20,21). The number of nitrogens with one attached hydrogen (secondary N) is 1. The third-order valence-electron chi connectivity index (χ3n) is 3.18. The van der Waals surface area contributed by atoms with Gasteiger partial charge in [0, 0.05) is 12.1 Å². The van der Waals surface area contributed by atoms with Crippen LogP contribution in [-0.4, -0.2) is 30.8 Å². The molecule has 128 valence electrons. The number of carbonyl (C=O) groups is 2. The van der Waals surface area contributed by atoms with Gasteiger partial charge in [-0.3, -0.25) is 9.59 Å². The van der Waals surface area contributed by atoms with E-state index in [1.807, 2.05) is 19.9 Å². The van der Waals surface area contributed by atoms with Crippen LogP contribution in [-0.2, 0) is 14.3 Å². The van der Waals surface area contributed by atoms with E-state index in [9.17, 15) is 27.2 Å². The third kappa shape index (κ3) is 5.88. The molecule has 0 aliphatic carbocycles. The van der Waals surface area contributed by atoms with Crippen molar-refractivity contribution in [3.05, 3.63) is 29.3 Å². The molecule has 0 saturated carbocycles. The third-order valence-corrected chi connectivity index (χ3v) is 3.18. The Bertz CT molecular complexity index is 576. The molecule has 23 heavy (non-hydrogen) atoms. The molecule has 0 spiro atoms. The van der Waals surface area contributed by atoms with Gasteiger partial charge in [0.05, 0.1) is 6.42 Å². The molecular weight excluding hydrogens is 318 g/mol. The van der Waals surface area contributed by atoms with E-state index in [1.54, 1.807) is 12.1 Å². The van der Waals surface area contributed by atoms with Crippen LogP contribution in [0.25, 0.3) is 0 Å². The average molecular weight is 335 g/mol. The molecule has 0 atom stereocenters. The Kier molecular flexibility index (Phi) is 6.53. The highest BCUT2D eigenvalue weighted by Gasteiger charge is 2.42. The van der Waals surface area contributed by atoms with Crippen molar-refractivity contribution in [2.45, 2.75) is 39.0 Å². The van der Waals surface area contributed by atoms with Crippen LogP contribution in [0.4, 0.5) is 23.2 Å². The number of benzene rings is 1. The Hall–Kier alpha value is -2.12. The largest absolute Gasteiger partial charge is 0.459 e. The molecule has 1 aromatic carbocycles. The molecule has 8 heteroatoms. The summed E-state index contributed by atoms with van der Waals surface area (Å²) < 4.78 is 53.0. The molecule has 0 heterocycles. The maximum absolute atomic E-state index is 12.6. The van der Waals surface area contributed by atoms with Crippen molar-refractivity contribution in [1.82, 2.24) is 0 Å². The van der Waals surface area contributed by atoms with Gasteiger partial charge in [-0.25, -0.2) is 8.78 Å². The second-order valence-corrected chi connectivity index (χ2v) is 5.02. The SMILES string of the molecule is Cc1cccc(NC(=O)CCC(=O)OCC(F)(F)C(F)F)c1C. The molecule has 0 fully saturated rings. The van der Waals surface area contributed by atoms with Crippen LogP contribution in [0.2, 0.25) is 0 Å². The summed E-state index contributed by atoms with van der Waals surface area (Å²) in [6.07, 6.45) is -4.69. The van der Waals surface area contributed by atoms with Gasteiger partial charge in [-0.2, -0.15) is 8.78 Å². The van der Waals surface area contributed by atoms with E-state index in [0.717, 1.165) is 11.1 Å². The molecule has 0 aromatic heterocycles. The number of rotatable bonds is 7. The summed E-state index contributed by atoms with van der Waals surface area (Å²) in [4.78, 5) is 22.9. The van der Waals surface area contributed by atoms with E-state index in [2.05, 4.69) is 10.1 Å². The van der Waals surface area contributed by atoms with E-state index >= 15 is 0 Å². The van der Waals surface area contributed by atoms with Crippen LogP contribution in [0.1, 0.15) is 24.0 Å². The highest BCUT2D eigenvalue weighted by Crippen LogP contribution is 2.23. The summed E-state index contributed by atoms with van der Waals surface area (Å²) in [5.41, 5.74) is 2.41. The van der Waals surface area contributed by atoms with Crippen LogP contribution >= 0.6 is 0 Å². The fraction of sp³-hybridized carbons (Fsp3) is 0.467. The summed E-state index contributed by atoms with van der Waals surface area (Å²) in [5.74, 6) is -6.03. The number of esters is 1. The minimum absolute atomic E-state index is 0.299. The quantitative estimate of drug-likeness (QED) is 0.613. The first-order chi connectivity index (χ1) is 10.6. The first-order valence-corrected chi connectivity index (χ1v) is 6.81. The molecule has 4 nitrogen and oxygen atoms in total. The van der Waals surface area contributed by atoms with E-state index in [1.165, 1.54) is 0 Å². The molecule has 1 amide bonds. The molecule has 0 radical (unpaired) electrons. The molecule has 0 aliphatic heterocycles. The number of carbonyl (C=O) groups excluding carboxylic acids is 2. The Morgan fingerprint density at radius 1 is 1.22 bits per heavy atom. The minimum atomic E-state index is -4.39. The lowest BCUT2D eigenvalue weighted by Crippen LogP contribution is -2.33. The maximum atomic E-state index is 12.6. The second-order valence-electron chi connectivity index (χ2n) is 5.02. The van der Waals surface area contributed by atoms with Gasteiger partial charge in [0.15, 0.2) is 6.61 Å². The Morgan fingerprint density at radius 2 is 1.87 bits per heavy atom. The number of anilines is 1. The zero-order valence-electron chi connectivity index (χ0n) is 12.7. The first kappa shape index (κ1) is 18.9. The Balaban J connectivity index is 2.41.